The number of hydrazone groups is 1. The van der Waals surface area contributed by atoms with Gasteiger partial charge in [0.25, 0.3) is 15.9 Å². The number of amides is 1. The number of carbonyl (C=O) groups is 1. The summed E-state index contributed by atoms with van der Waals surface area (Å²) in [4.78, 5) is 12.8. The highest BCUT2D eigenvalue weighted by atomic mass is 32.2. The van der Waals surface area contributed by atoms with Crippen molar-refractivity contribution < 1.29 is 13.2 Å². The van der Waals surface area contributed by atoms with Gasteiger partial charge in [-0.2, -0.15) is 5.10 Å². The van der Waals surface area contributed by atoms with Gasteiger partial charge in [-0.15, -0.1) is 0 Å². The molecule has 0 heterocycles. The number of nitrogens with zero attached hydrogens (tertiary/aromatic N) is 2. The van der Waals surface area contributed by atoms with E-state index < -0.39 is 22.5 Å². The molecule has 0 aliphatic carbocycles. The Morgan fingerprint density at radius 2 is 1.55 bits per heavy atom. The molecule has 0 bridgehead atoms. The van der Waals surface area contributed by atoms with Crippen molar-refractivity contribution in [2.75, 3.05) is 10.8 Å². The topological polar surface area (TPSA) is 78.8 Å². The molecule has 4 aromatic carbocycles. The van der Waals surface area contributed by atoms with Crippen LogP contribution in [0.3, 0.4) is 0 Å². The van der Waals surface area contributed by atoms with Crippen LogP contribution < -0.4 is 9.73 Å². The predicted octanol–water partition coefficient (Wildman–Crippen LogP) is 4.49. The normalized spacial score (nSPS) is 11.5. The Bertz CT molecular complexity index is 1390. The molecule has 1 N–H and O–H groups in total. The lowest BCUT2D eigenvalue weighted by Crippen LogP contribution is -2.39. The molecule has 0 spiro atoms. The quantitative estimate of drug-likeness (QED) is 0.328. The standard InChI is InChI=1S/C26H23N3O3S/c1-20-14-16-23(17-15-20)29(33(31,32)24-11-3-2-4-12-24)19-26(30)28-27-18-22-10-7-9-21-8-5-6-13-25(21)22/h2-18H,19H2,1H3,(H,28,30)/b27-18+. The molecule has 0 radical (unpaired) electrons. The molecule has 7 heteroatoms. The van der Waals surface area contributed by atoms with Gasteiger partial charge in [0, 0.05) is 5.56 Å². The molecule has 0 atom stereocenters. The highest BCUT2D eigenvalue weighted by molar-refractivity contribution is 7.92. The van der Waals surface area contributed by atoms with Gasteiger partial charge in [-0.1, -0.05) is 78.4 Å². The number of hydrogen-bond donors (Lipinski definition) is 1. The zero-order valence-electron chi connectivity index (χ0n) is 18.0. The van der Waals surface area contributed by atoms with Crippen LogP contribution in [0.4, 0.5) is 5.69 Å². The van der Waals surface area contributed by atoms with Crippen LogP contribution >= 0.6 is 0 Å². The Morgan fingerprint density at radius 1 is 0.879 bits per heavy atom. The molecule has 166 valence electrons. The van der Waals surface area contributed by atoms with Gasteiger partial charge in [0.15, 0.2) is 0 Å². The van der Waals surface area contributed by atoms with Crippen molar-refractivity contribution in [3.63, 3.8) is 0 Å². The smallest absolute Gasteiger partial charge is 0.264 e. The van der Waals surface area contributed by atoms with Crippen molar-refractivity contribution in [1.82, 2.24) is 5.43 Å². The lowest BCUT2D eigenvalue weighted by molar-refractivity contribution is -0.119. The molecule has 4 rings (SSSR count). The summed E-state index contributed by atoms with van der Waals surface area (Å²) in [6.45, 7) is 1.50. The Morgan fingerprint density at radius 3 is 2.30 bits per heavy atom. The number of carbonyl (C=O) groups excluding carboxylic acids is 1. The number of aryl methyl sites for hydroxylation is 1. The van der Waals surface area contributed by atoms with Crippen LogP contribution in [0.25, 0.3) is 10.8 Å². The van der Waals surface area contributed by atoms with Crippen LogP contribution in [-0.4, -0.2) is 27.1 Å². The summed E-state index contributed by atoms with van der Waals surface area (Å²) in [5.74, 6) is -0.549. The van der Waals surface area contributed by atoms with E-state index in [1.807, 2.05) is 49.4 Å². The first-order valence-corrected chi connectivity index (χ1v) is 11.8. The van der Waals surface area contributed by atoms with Crippen LogP contribution in [0.1, 0.15) is 11.1 Å². The van der Waals surface area contributed by atoms with Gasteiger partial charge in [-0.05, 0) is 42.0 Å². The van der Waals surface area contributed by atoms with Crippen molar-refractivity contribution in [1.29, 1.82) is 0 Å². The van der Waals surface area contributed by atoms with E-state index in [1.54, 1.807) is 48.7 Å². The van der Waals surface area contributed by atoms with E-state index in [-0.39, 0.29) is 4.90 Å². The van der Waals surface area contributed by atoms with Crippen LogP contribution in [0.15, 0.2) is 107 Å². The molecule has 33 heavy (non-hydrogen) atoms. The lowest BCUT2D eigenvalue weighted by atomic mass is 10.1. The maximum Gasteiger partial charge on any atom is 0.264 e. The van der Waals surface area contributed by atoms with Crippen LogP contribution in [0.2, 0.25) is 0 Å². The van der Waals surface area contributed by atoms with Crippen molar-refractivity contribution >= 4 is 38.6 Å². The summed E-state index contributed by atoms with van der Waals surface area (Å²) in [6.07, 6.45) is 1.56. The van der Waals surface area contributed by atoms with Gasteiger partial charge in [-0.3, -0.25) is 9.10 Å². The second-order valence-electron chi connectivity index (χ2n) is 7.52. The zero-order chi connectivity index (χ0) is 23.3. The number of anilines is 1. The summed E-state index contributed by atoms with van der Waals surface area (Å²) >= 11 is 0. The molecule has 0 aliphatic rings. The van der Waals surface area contributed by atoms with Gasteiger partial charge in [0.05, 0.1) is 16.8 Å². The monoisotopic (exact) mass is 457 g/mol. The number of nitrogens with one attached hydrogen (secondary N) is 1. The first-order chi connectivity index (χ1) is 15.9. The third-order valence-corrected chi connectivity index (χ3v) is 6.94. The van der Waals surface area contributed by atoms with Gasteiger partial charge < -0.3 is 0 Å². The fourth-order valence-electron chi connectivity index (χ4n) is 3.45. The minimum atomic E-state index is -3.95. The van der Waals surface area contributed by atoms with Gasteiger partial charge in [0.1, 0.15) is 6.54 Å². The number of benzene rings is 4. The van der Waals surface area contributed by atoms with E-state index in [1.165, 1.54) is 12.1 Å². The highest BCUT2D eigenvalue weighted by Crippen LogP contribution is 2.24. The zero-order valence-corrected chi connectivity index (χ0v) is 18.9. The Balaban J connectivity index is 1.56. The molecule has 1 amide bonds. The maximum absolute atomic E-state index is 13.3. The number of rotatable bonds is 7. The van der Waals surface area contributed by atoms with Crippen LogP contribution in [0, 0.1) is 6.92 Å². The number of fused-ring (bicyclic) bond motifs is 1. The summed E-state index contributed by atoms with van der Waals surface area (Å²) in [6, 6.07) is 28.7. The van der Waals surface area contributed by atoms with Crippen molar-refractivity contribution in [3.05, 3.63) is 108 Å². The highest BCUT2D eigenvalue weighted by Gasteiger charge is 2.27. The van der Waals surface area contributed by atoms with E-state index in [9.17, 15) is 13.2 Å². The van der Waals surface area contributed by atoms with Crippen molar-refractivity contribution in [2.45, 2.75) is 11.8 Å². The van der Waals surface area contributed by atoms with Gasteiger partial charge in [0.2, 0.25) is 0 Å². The predicted molar refractivity (Wildman–Crippen MR) is 132 cm³/mol. The van der Waals surface area contributed by atoms with Crippen LogP contribution in [-0.2, 0) is 14.8 Å². The second kappa shape index (κ2) is 9.67. The van der Waals surface area contributed by atoms with E-state index in [0.717, 1.165) is 26.2 Å². The minimum Gasteiger partial charge on any atom is -0.271 e. The summed E-state index contributed by atoms with van der Waals surface area (Å²) < 4.78 is 27.7. The first kappa shape index (κ1) is 22.2. The SMILES string of the molecule is Cc1ccc(N(CC(=O)N/N=C/c2cccc3ccccc23)S(=O)(=O)c2ccccc2)cc1. The van der Waals surface area contributed by atoms with Gasteiger partial charge >= 0.3 is 0 Å². The molecular weight excluding hydrogens is 434 g/mol. The fourth-order valence-corrected chi connectivity index (χ4v) is 4.89. The largest absolute Gasteiger partial charge is 0.271 e. The Labute approximate surface area is 193 Å². The number of hydrogen-bond acceptors (Lipinski definition) is 4. The molecular formula is C26H23N3O3S. The summed E-state index contributed by atoms with van der Waals surface area (Å²) in [5.41, 5.74) is 4.69. The molecule has 0 aromatic heterocycles. The van der Waals surface area contributed by atoms with Crippen molar-refractivity contribution in [3.8, 4) is 0 Å². The van der Waals surface area contributed by atoms with E-state index in [0.29, 0.717) is 5.69 Å². The minimum absolute atomic E-state index is 0.109. The lowest BCUT2D eigenvalue weighted by Gasteiger charge is -2.23. The average Bonchev–Trinajstić information content (AvgIpc) is 2.84. The second-order valence-corrected chi connectivity index (χ2v) is 9.38. The van der Waals surface area contributed by atoms with E-state index in [2.05, 4.69) is 10.5 Å². The first-order valence-electron chi connectivity index (χ1n) is 10.4. The molecule has 0 unspecified atom stereocenters. The Kier molecular flexibility index (Phi) is 6.51. The summed E-state index contributed by atoms with van der Waals surface area (Å²) in [7, 11) is -3.95. The van der Waals surface area contributed by atoms with E-state index >= 15 is 0 Å². The molecule has 0 saturated carbocycles. The summed E-state index contributed by atoms with van der Waals surface area (Å²) in [5, 5.41) is 6.13. The Hall–Kier alpha value is -3.97. The molecule has 4 aromatic rings. The number of sulfonamides is 1. The van der Waals surface area contributed by atoms with Gasteiger partial charge in [-0.25, -0.2) is 13.8 Å². The maximum atomic E-state index is 13.3. The van der Waals surface area contributed by atoms with Crippen molar-refractivity contribution in [2.24, 2.45) is 5.10 Å². The molecule has 0 saturated heterocycles. The molecule has 6 nitrogen and oxygen atoms in total. The fraction of sp³-hybridized carbons (Fsp3) is 0.0769. The third kappa shape index (κ3) is 5.10. The molecule has 0 fully saturated rings. The third-order valence-electron chi connectivity index (χ3n) is 5.16. The average molecular weight is 458 g/mol. The molecule has 0 aliphatic heterocycles. The van der Waals surface area contributed by atoms with Crippen LogP contribution in [0.5, 0.6) is 0 Å². The van der Waals surface area contributed by atoms with E-state index in [4.69, 9.17) is 0 Å².